The molecule has 5 heteroatoms. The minimum Gasteiger partial charge on any atom is -0.389 e. The van der Waals surface area contributed by atoms with Crippen molar-refractivity contribution in [3.63, 3.8) is 0 Å². The van der Waals surface area contributed by atoms with Crippen molar-refractivity contribution in [3.8, 4) is 0 Å². The Bertz CT molecular complexity index is 441. The van der Waals surface area contributed by atoms with Gasteiger partial charge in [0, 0.05) is 18.5 Å². The number of hydrogen-bond donors (Lipinski definition) is 1. The van der Waals surface area contributed by atoms with Crippen molar-refractivity contribution in [3.05, 3.63) is 16.1 Å². The summed E-state index contributed by atoms with van der Waals surface area (Å²) in [6.07, 6.45) is 0. The lowest BCUT2D eigenvalue weighted by Gasteiger charge is -2.28. The van der Waals surface area contributed by atoms with Crippen LogP contribution in [0.25, 0.3) is 0 Å². The van der Waals surface area contributed by atoms with Gasteiger partial charge >= 0.3 is 0 Å². The van der Waals surface area contributed by atoms with E-state index in [1.54, 1.807) is 24.3 Å². The topological polar surface area (TPSA) is 53.4 Å². The van der Waals surface area contributed by atoms with Crippen molar-refractivity contribution in [1.29, 1.82) is 0 Å². The fraction of sp³-hybridized carbons (Fsp3) is 0.714. The zero-order valence-electron chi connectivity index (χ0n) is 12.6. The third-order valence-corrected chi connectivity index (χ3v) is 3.53. The lowest BCUT2D eigenvalue weighted by Crippen LogP contribution is -2.42. The number of aliphatic hydroxyl groups is 1. The molecule has 0 aliphatic heterocycles. The number of aromatic nitrogens is 1. The Kier molecular flexibility index (Phi) is 4.74. The second-order valence-corrected chi connectivity index (χ2v) is 7.27. The van der Waals surface area contributed by atoms with Gasteiger partial charge in [0.25, 0.3) is 5.91 Å². The number of nitrogens with zero attached hydrogens (tertiary/aromatic N) is 2. The van der Waals surface area contributed by atoms with Crippen molar-refractivity contribution in [1.82, 2.24) is 9.88 Å². The zero-order valence-corrected chi connectivity index (χ0v) is 13.5. The number of likely N-dealkylation sites (N-methyl/N-ethyl adjacent to an activating group) is 1. The van der Waals surface area contributed by atoms with Crippen molar-refractivity contribution in [2.45, 2.75) is 52.6 Å². The van der Waals surface area contributed by atoms with Crippen LogP contribution in [0.4, 0.5) is 0 Å². The number of hydrogen-bond acceptors (Lipinski definition) is 4. The zero-order chi connectivity index (χ0) is 14.8. The molecule has 19 heavy (non-hydrogen) atoms. The molecule has 0 atom stereocenters. The summed E-state index contributed by atoms with van der Waals surface area (Å²) in [5.41, 5.74) is 1.50. The highest BCUT2D eigenvalue weighted by Crippen LogP contribution is 2.28. The van der Waals surface area contributed by atoms with E-state index in [0.717, 1.165) is 5.69 Å². The number of amides is 1. The maximum atomic E-state index is 12.6. The Morgan fingerprint density at radius 1 is 1.37 bits per heavy atom. The van der Waals surface area contributed by atoms with Crippen LogP contribution in [0.3, 0.4) is 0 Å². The summed E-state index contributed by atoms with van der Waals surface area (Å²) in [6, 6.07) is 0. The van der Waals surface area contributed by atoms with Crippen LogP contribution in [-0.4, -0.2) is 39.6 Å². The van der Waals surface area contributed by atoms with Crippen LogP contribution in [0.15, 0.2) is 5.51 Å². The molecule has 0 saturated heterocycles. The van der Waals surface area contributed by atoms with Crippen molar-refractivity contribution in [2.75, 3.05) is 13.1 Å². The highest BCUT2D eigenvalue weighted by Gasteiger charge is 2.29. The van der Waals surface area contributed by atoms with E-state index >= 15 is 0 Å². The van der Waals surface area contributed by atoms with Gasteiger partial charge in [-0.15, -0.1) is 11.3 Å². The van der Waals surface area contributed by atoms with Crippen molar-refractivity contribution < 1.29 is 9.90 Å². The van der Waals surface area contributed by atoms with E-state index in [0.29, 0.717) is 18.0 Å². The van der Waals surface area contributed by atoms with Crippen LogP contribution < -0.4 is 0 Å². The summed E-state index contributed by atoms with van der Waals surface area (Å²) in [5, 5.41) is 9.89. The van der Waals surface area contributed by atoms with Crippen LogP contribution >= 0.6 is 11.3 Å². The van der Waals surface area contributed by atoms with Crippen LogP contribution in [0.2, 0.25) is 0 Å². The van der Waals surface area contributed by atoms with Crippen molar-refractivity contribution >= 4 is 17.2 Å². The molecule has 0 bridgehead atoms. The molecule has 0 spiro atoms. The third-order valence-electron chi connectivity index (χ3n) is 2.72. The molecule has 0 saturated carbocycles. The monoisotopic (exact) mass is 284 g/mol. The summed E-state index contributed by atoms with van der Waals surface area (Å²) in [5.74, 6) is -0.0444. The summed E-state index contributed by atoms with van der Waals surface area (Å²) in [4.78, 5) is 19.2. The SMILES string of the molecule is CCN(CC(C)(C)O)C(=O)c1scnc1C(C)(C)C. The molecule has 0 unspecified atom stereocenters. The molecular weight excluding hydrogens is 260 g/mol. The van der Waals surface area contributed by atoms with E-state index in [4.69, 9.17) is 0 Å². The normalized spacial score (nSPS) is 12.6. The van der Waals surface area contributed by atoms with Gasteiger partial charge in [0.2, 0.25) is 0 Å². The molecule has 0 radical (unpaired) electrons. The van der Waals surface area contributed by atoms with E-state index in [1.165, 1.54) is 11.3 Å². The lowest BCUT2D eigenvalue weighted by atomic mass is 9.91. The molecule has 0 aromatic carbocycles. The first-order chi connectivity index (χ1) is 8.56. The number of carbonyl (C=O) groups excluding carboxylic acids is 1. The molecule has 1 aromatic heterocycles. The lowest BCUT2D eigenvalue weighted by molar-refractivity contribution is 0.0316. The van der Waals surface area contributed by atoms with Crippen LogP contribution in [0, 0.1) is 0 Å². The maximum absolute atomic E-state index is 12.6. The van der Waals surface area contributed by atoms with Gasteiger partial charge in [-0.3, -0.25) is 4.79 Å². The van der Waals surface area contributed by atoms with E-state index in [9.17, 15) is 9.90 Å². The number of carbonyl (C=O) groups is 1. The standard InChI is InChI=1S/C14H24N2O2S/c1-7-16(8-14(5,6)18)12(17)10-11(13(2,3)4)15-9-19-10/h9,18H,7-8H2,1-6H3. The van der Waals surface area contributed by atoms with Crippen LogP contribution in [0.1, 0.15) is 56.9 Å². The van der Waals surface area contributed by atoms with Gasteiger partial charge in [0.05, 0.1) is 16.8 Å². The molecule has 1 aromatic rings. The largest absolute Gasteiger partial charge is 0.389 e. The Morgan fingerprint density at radius 3 is 2.37 bits per heavy atom. The molecule has 1 amide bonds. The maximum Gasteiger partial charge on any atom is 0.265 e. The van der Waals surface area contributed by atoms with Crippen LogP contribution in [0.5, 0.6) is 0 Å². The number of thiazole rings is 1. The summed E-state index contributed by atoms with van der Waals surface area (Å²) < 4.78 is 0. The minimum absolute atomic E-state index is 0.0444. The summed E-state index contributed by atoms with van der Waals surface area (Å²) in [7, 11) is 0. The summed E-state index contributed by atoms with van der Waals surface area (Å²) >= 11 is 1.37. The van der Waals surface area contributed by atoms with Gasteiger partial charge < -0.3 is 10.0 Å². The fourth-order valence-corrected chi connectivity index (χ4v) is 2.83. The molecule has 4 nitrogen and oxygen atoms in total. The fourth-order valence-electron chi connectivity index (χ4n) is 1.87. The molecular formula is C14H24N2O2S. The van der Waals surface area contributed by atoms with Gasteiger partial charge in [-0.25, -0.2) is 4.98 Å². The molecule has 1 heterocycles. The first kappa shape index (κ1) is 16.1. The predicted molar refractivity (Wildman–Crippen MR) is 78.7 cm³/mol. The van der Waals surface area contributed by atoms with Gasteiger partial charge in [-0.2, -0.15) is 0 Å². The molecule has 1 rings (SSSR count). The Morgan fingerprint density at radius 2 is 1.95 bits per heavy atom. The first-order valence-electron chi connectivity index (χ1n) is 6.52. The van der Waals surface area contributed by atoms with Gasteiger partial charge in [-0.05, 0) is 20.8 Å². The van der Waals surface area contributed by atoms with Gasteiger partial charge in [-0.1, -0.05) is 20.8 Å². The van der Waals surface area contributed by atoms with E-state index in [2.05, 4.69) is 4.98 Å². The predicted octanol–water partition coefficient (Wildman–Crippen LogP) is 2.67. The minimum atomic E-state index is -0.891. The van der Waals surface area contributed by atoms with Gasteiger partial charge in [0.1, 0.15) is 4.88 Å². The quantitative estimate of drug-likeness (QED) is 0.925. The van der Waals surface area contributed by atoms with Crippen LogP contribution in [-0.2, 0) is 5.41 Å². The smallest absolute Gasteiger partial charge is 0.265 e. The first-order valence-corrected chi connectivity index (χ1v) is 7.40. The highest BCUT2D eigenvalue weighted by atomic mass is 32.1. The van der Waals surface area contributed by atoms with Crippen molar-refractivity contribution in [2.24, 2.45) is 0 Å². The molecule has 0 aliphatic carbocycles. The Hall–Kier alpha value is -0.940. The second-order valence-electron chi connectivity index (χ2n) is 6.41. The van der Waals surface area contributed by atoms with E-state index in [-0.39, 0.29) is 11.3 Å². The van der Waals surface area contributed by atoms with E-state index in [1.807, 2.05) is 27.7 Å². The number of rotatable bonds is 4. The molecule has 0 aliphatic rings. The van der Waals surface area contributed by atoms with E-state index < -0.39 is 5.60 Å². The van der Waals surface area contributed by atoms with Gasteiger partial charge in [0.15, 0.2) is 0 Å². The third kappa shape index (κ3) is 4.28. The average molecular weight is 284 g/mol. The molecule has 1 N–H and O–H groups in total. The highest BCUT2D eigenvalue weighted by molar-refractivity contribution is 7.11. The molecule has 0 fully saturated rings. The second kappa shape index (κ2) is 5.59. The summed E-state index contributed by atoms with van der Waals surface area (Å²) in [6.45, 7) is 12.4. The Balaban J connectivity index is 3.02. The molecule has 108 valence electrons. The Labute approximate surface area is 119 Å². The average Bonchev–Trinajstić information content (AvgIpc) is 2.71.